The van der Waals surface area contributed by atoms with Gasteiger partial charge in [0.25, 0.3) is 0 Å². The van der Waals surface area contributed by atoms with E-state index >= 15 is 0 Å². The molecule has 0 atom stereocenters. The summed E-state index contributed by atoms with van der Waals surface area (Å²) >= 11 is 3.35. The van der Waals surface area contributed by atoms with Crippen LogP contribution in [0.1, 0.15) is 32.1 Å². The first-order valence-electron chi connectivity index (χ1n) is 8.30. The molecule has 1 aromatic heterocycles. The van der Waals surface area contributed by atoms with Gasteiger partial charge in [-0.15, -0.1) is 0 Å². The fourth-order valence-electron chi connectivity index (χ4n) is 3.20. The Balaban J connectivity index is 1.41. The van der Waals surface area contributed by atoms with Crippen LogP contribution in [-0.4, -0.2) is 48.2 Å². The lowest BCUT2D eigenvalue weighted by Gasteiger charge is -2.32. The Labute approximate surface area is 145 Å². The monoisotopic (exact) mass is 382 g/mol. The van der Waals surface area contributed by atoms with Gasteiger partial charge >= 0.3 is 0 Å². The van der Waals surface area contributed by atoms with Crippen molar-refractivity contribution < 1.29 is 9.53 Å². The lowest BCUT2D eigenvalue weighted by Crippen LogP contribution is -2.41. The normalized spacial score (nSPS) is 20.5. The van der Waals surface area contributed by atoms with Gasteiger partial charge in [-0.2, -0.15) is 0 Å². The molecule has 0 saturated carbocycles. The van der Waals surface area contributed by atoms with Crippen molar-refractivity contribution in [2.45, 2.75) is 38.1 Å². The fourth-order valence-corrected chi connectivity index (χ4v) is 3.40. The summed E-state index contributed by atoms with van der Waals surface area (Å²) in [5.74, 6) is 1.43. The summed E-state index contributed by atoms with van der Waals surface area (Å²) in [6, 6.07) is 0.299. The van der Waals surface area contributed by atoms with E-state index in [9.17, 15) is 4.79 Å². The molecule has 3 rings (SSSR count). The predicted octanol–water partition coefficient (Wildman–Crippen LogP) is 2.14. The fraction of sp³-hybridized carbons (Fsp3) is 0.688. The van der Waals surface area contributed by atoms with Gasteiger partial charge in [-0.05, 0) is 47.5 Å². The molecule has 0 aromatic carbocycles. The van der Waals surface area contributed by atoms with Crippen LogP contribution in [-0.2, 0) is 9.53 Å². The molecule has 0 unspecified atom stereocenters. The van der Waals surface area contributed by atoms with E-state index in [0.717, 1.165) is 62.4 Å². The van der Waals surface area contributed by atoms with E-state index in [1.54, 1.807) is 12.4 Å². The summed E-state index contributed by atoms with van der Waals surface area (Å²) in [6.45, 7) is 3.35. The SMILES string of the molecule is O=C(CC1CCN(c2ncc(Br)cn2)CC1)NC1CCOCC1. The maximum atomic E-state index is 12.2. The van der Waals surface area contributed by atoms with E-state index in [2.05, 4.69) is 36.1 Å². The second-order valence-corrected chi connectivity index (χ2v) is 7.21. The summed E-state index contributed by atoms with van der Waals surface area (Å²) in [5.41, 5.74) is 0. The number of rotatable bonds is 4. The van der Waals surface area contributed by atoms with E-state index < -0.39 is 0 Å². The minimum atomic E-state index is 0.190. The zero-order chi connectivity index (χ0) is 16.1. The van der Waals surface area contributed by atoms with Crippen LogP contribution >= 0.6 is 15.9 Å². The Bertz CT molecular complexity index is 511. The van der Waals surface area contributed by atoms with Gasteiger partial charge in [0.15, 0.2) is 0 Å². The number of nitrogens with zero attached hydrogens (tertiary/aromatic N) is 3. The molecule has 126 valence electrons. The molecular weight excluding hydrogens is 360 g/mol. The standard InChI is InChI=1S/C16H23BrN4O2/c17-13-10-18-16(19-11-13)21-5-1-12(2-6-21)9-15(22)20-14-3-7-23-8-4-14/h10-12,14H,1-9H2,(H,20,22). The number of anilines is 1. The number of aromatic nitrogens is 2. The minimum absolute atomic E-state index is 0.190. The highest BCUT2D eigenvalue weighted by Gasteiger charge is 2.24. The molecule has 0 bridgehead atoms. The lowest BCUT2D eigenvalue weighted by atomic mass is 9.93. The number of nitrogens with one attached hydrogen (secondary N) is 1. The molecule has 7 heteroatoms. The third kappa shape index (κ3) is 4.88. The highest BCUT2D eigenvalue weighted by Crippen LogP contribution is 2.23. The number of ether oxygens (including phenoxy) is 1. The van der Waals surface area contributed by atoms with E-state index in [1.165, 1.54) is 0 Å². The van der Waals surface area contributed by atoms with Crippen LogP contribution in [0.15, 0.2) is 16.9 Å². The molecule has 6 nitrogen and oxygen atoms in total. The molecule has 3 heterocycles. The number of carbonyl (C=O) groups is 1. The van der Waals surface area contributed by atoms with Crippen molar-refractivity contribution in [1.82, 2.24) is 15.3 Å². The Kier molecular flexibility index (Phi) is 5.83. The van der Waals surface area contributed by atoms with Gasteiger partial charge in [0.2, 0.25) is 11.9 Å². The number of halogens is 1. The molecule has 1 amide bonds. The second kappa shape index (κ2) is 8.06. The summed E-state index contributed by atoms with van der Waals surface area (Å²) < 4.78 is 6.21. The predicted molar refractivity (Wildman–Crippen MR) is 91.3 cm³/mol. The van der Waals surface area contributed by atoms with Crippen LogP contribution < -0.4 is 10.2 Å². The van der Waals surface area contributed by atoms with Crippen LogP contribution in [0.5, 0.6) is 0 Å². The largest absolute Gasteiger partial charge is 0.381 e. The second-order valence-electron chi connectivity index (χ2n) is 6.29. The smallest absolute Gasteiger partial charge is 0.225 e. The molecule has 1 aromatic rings. The highest BCUT2D eigenvalue weighted by atomic mass is 79.9. The lowest BCUT2D eigenvalue weighted by molar-refractivity contribution is -0.123. The number of hydrogen-bond acceptors (Lipinski definition) is 5. The average Bonchev–Trinajstić information content (AvgIpc) is 2.57. The molecule has 1 N–H and O–H groups in total. The third-order valence-corrected chi connectivity index (χ3v) is 4.97. The molecule has 0 radical (unpaired) electrons. The Morgan fingerprint density at radius 2 is 1.87 bits per heavy atom. The molecule has 2 aliphatic rings. The van der Waals surface area contributed by atoms with E-state index in [4.69, 9.17) is 4.74 Å². The van der Waals surface area contributed by atoms with Crippen molar-refractivity contribution in [2.24, 2.45) is 5.92 Å². The van der Waals surface area contributed by atoms with Gasteiger partial charge in [0.1, 0.15) is 0 Å². The minimum Gasteiger partial charge on any atom is -0.381 e. The number of piperidine rings is 1. The summed E-state index contributed by atoms with van der Waals surface area (Å²) in [6.07, 6.45) is 8.08. The van der Waals surface area contributed by atoms with E-state index in [0.29, 0.717) is 18.4 Å². The zero-order valence-electron chi connectivity index (χ0n) is 13.2. The van der Waals surface area contributed by atoms with Gasteiger partial charge in [0, 0.05) is 51.2 Å². The maximum Gasteiger partial charge on any atom is 0.225 e. The Morgan fingerprint density at radius 3 is 2.52 bits per heavy atom. The van der Waals surface area contributed by atoms with Crippen molar-refractivity contribution in [3.8, 4) is 0 Å². The topological polar surface area (TPSA) is 67.4 Å². The van der Waals surface area contributed by atoms with Crippen LogP contribution in [0.3, 0.4) is 0 Å². The summed E-state index contributed by atoms with van der Waals surface area (Å²) in [7, 11) is 0. The Morgan fingerprint density at radius 1 is 1.22 bits per heavy atom. The van der Waals surface area contributed by atoms with Gasteiger partial charge in [-0.25, -0.2) is 9.97 Å². The van der Waals surface area contributed by atoms with Crippen molar-refractivity contribution in [2.75, 3.05) is 31.2 Å². The molecule has 0 spiro atoms. The molecular formula is C16H23BrN4O2. The van der Waals surface area contributed by atoms with Crippen LogP contribution in [0.2, 0.25) is 0 Å². The number of carbonyl (C=O) groups excluding carboxylic acids is 1. The van der Waals surface area contributed by atoms with Crippen LogP contribution in [0.4, 0.5) is 5.95 Å². The third-order valence-electron chi connectivity index (χ3n) is 4.56. The first-order chi connectivity index (χ1) is 11.2. The van der Waals surface area contributed by atoms with Gasteiger partial charge in [-0.3, -0.25) is 4.79 Å². The molecule has 0 aliphatic carbocycles. The number of hydrogen-bond donors (Lipinski definition) is 1. The first kappa shape index (κ1) is 16.6. The van der Waals surface area contributed by atoms with Gasteiger partial charge < -0.3 is 15.0 Å². The van der Waals surface area contributed by atoms with Crippen LogP contribution in [0.25, 0.3) is 0 Å². The van der Waals surface area contributed by atoms with Crippen LogP contribution in [0, 0.1) is 5.92 Å². The van der Waals surface area contributed by atoms with E-state index in [1.807, 2.05) is 0 Å². The molecule has 23 heavy (non-hydrogen) atoms. The summed E-state index contributed by atoms with van der Waals surface area (Å²) in [5, 5.41) is 3.15. The van der Waals surface area contributed by atoms with Gasteiger partial charge in [0.05, 0.1) is 4.47 Å². The summed E-state index contributed by atoms with van der Waals surface area (Å²) in [4.78, 5) is 23.1. The first-order valence-corrected chi connectivity index (χ1v) is 9.09. The van der Waals surface area contributed by atoms with E-state index in [-0.39, 0.29) is 5.91 Å². The van der Waals surface area contributed by atoms with Crippen molar-refractivity contribution in [1.29, 1.82) is 0 Å². The quantitative estimate of drug-likeness (QED) is 0.863. The van der Waals surface area contributed by atoms with Crippen molar-refractivity contribution >= 4 is 27.8 Å². The molecule has 2 fully saturated rings. The number of amides is 1. The zero-order valence-corrected chi connectivity index (χ0v) is 14.8. The van der Waals surface area contributed by atoms with Crippen molar-refractivity contribution in [3.05, 3.63) is 16.9 Å². The Hall–Kier alpha value is -1.21. The highest BCUT2D eigenvalue weighted by molar-refractivity contribution is 9.10. The average molecular weight is 383 g/mol. The molecule has 2 aliphatic heterocycles. The molecule has 2 saturated heterocycles. The van der Waals surface area contributed by atoms with Gasteiger partial charge in [-0.1, -0.05) is 0 Å². The van der Waals surface area contributed by atoms with Crippen molar-refractivity contribution in [3.63, 3.8) is 0 Å². The maximum absolute atomic E-state index is 12.2.